The average Bonchev–Trinajstić information content (AvgIpc) is 3.13. The van der Waals surface area contributed by atoms with E-state index >= 15 is 0 Å². The fraction of sp³-hybridized carbons (Fsp3) is 0.308. The van der Waals surface area contributed by atoms with Gasteiger partial charge >= 0.3 is 0 Å². The van der Waals surface area contributed by atoms with Crippen LogP contribution in [0.5, 0.6) is 0 Å². The van der Waals surface area contributed by atoms with Crippen molar-refractivity contribution < 1.29 is 0 Å². The topological polar surface area (TPSA) is 61.6 Å². The Morgan fingerprint density at radius 1 is 1.41 bits per heavy atom. The number of hydrogen-bond acceptors (Lipinski definition) is 4. The summed E-state index contributed by atoms with van der Waals surface area (Å²) in [5.74, 6) is 0.812. The van der Waals surface area contributed by atoms with Gasteiger partial charge < -0.3 is 5.32 Å². The average molecular weight is 224 g/mol. The second-order valence-corrected chi connectivity index (χ2v) is 4.43. The number of aryl methyl sites for hydroxylation is 1. The molecule has 0 unspecified atom stereocenters. The van der Waals surface area contributed by atoms with E-state index < -0.39 is 0 Å². The SMILES string of the molecule is Cc1cc2c(NC3CC3)nc(C#N)cc2cn1. The minimum Gasteiger partial charge on any atom is -0.367 e. The van der Waals surface area contributed by atoms with Crippen molar-refractivity contribution in [1.82, 2.24) is 9.97 Å². The van der Waals surface area contributed by atoms with Gasteiger partial charge in [-0.3, -0.25) is 4.98 Å². The van der Waals surface area contributed by atoms with Crippen LogP contribution in [0.15, 0.2) is 18.3 Å². The Balaban J connectivity index is 2.20. The van der Waals surface area contributed by atoms with Gasteiger partial charge in [0.2, 0.25) is 0 Å². The molecule has 84 valence electrons. The number of rotatable bonds is 2. The van der Waals surface area contributed by atoms with Crippen LogP contribution in [-0.4, -0.2) is 16.0 Å². The van der Waals surface area contributed by atoms with Gasteiger partial charge in [-0.25, -0.2) is 4.98 Å². The van der Waals surface area contributed by atoms with E-state index in [0.717, 1.165) is 22.3 Å². The second-order valence-electron chi connectivity index (χ2n) is 4.43. The largest absolute Gasteiger partial charge is 0.367 e. The van der Waals surface area contributed by atoms with E-state index in [1.54, 1.807) is 12.3 Å². The zero-order chi connectivity index (χ0) is 11.8. The highest BCUT2D eigenvalue weighted by Gasteiger charge is 2.22. The molecule has 4 heteroatoms. The monoisotopic (exact) mass is 224 g/mol. The molecule has 1 saturated carbocycles. The maximum Gasteiger partial charge on any atom is 0.143 e. The minimum absolute atomic E-state index is 0.436. The van der Waals surface area contributed by atoms with Gasteiger partial charge in [-0.15, -0.1) is 0 Å². The summed E-state index contributed by atoms with van der Waals surface area (Å²) in [6, 6.07) is 6.40. The van der Waals surface area contributed by atoms with E-state index in [-0.39, 0.29) is 0 Å². The molecule has 2 aromatic rings. The normalized spacial score (nSPS) is 14.6. The zero-order valence-electron chi connectivity index (χ0n) is 9.57. The zero-order valence-corrected chi connectivity index (χ0v) is 9.57. The molecule has 1 fully saturated rings. The molecule has 3 rings (SSSR count). The summed E-state index contributed by atoms with van der Waals surface area (Å²) >= 11 is 0. The van der Waals surface area contributed by atoms with Gasteiger partial charge in [0.25, 0.3) is 0 Å². The smallest absolute Gasteiger partial charge is 0.143 e. The van der Waals surface area contributed by atoms with Gasteiger partial charge in [-0.05, 0) is 31.9 Å². The lowest BCUT2D eigenvalue weighted by Gasteiger charge is -2.08. The summed E-state index contributed by atoms with van der Waals surface area (Å²) in [6.45, 7) is 1.96. The second kappa shape index (κ2) is 3.70. The molecule has 1 aliphatic rings. The maximum atomic E-state index is 8.97. The number of nitriles is 1. The van der Waals surface area contributed by atoms with Crippen LogP contribution in [0, 0.1) is 18.3 Å². The first-order valence-corrected chi connectivity index (χ1v) is 5.70. The first-order chi connectivity index (χ1) is 8.26. The van der Waals surface area contributed by atoms with Gasteiger partial charge in [0.15, 0.2) is 0 Å². The number of aromatic nitrogens is 2. The van der Waals surface area contributed by atoms with Crippen molar-refractivity contribution in [1.29, 1.82) is 5.26 Å². The van der Waals surface area contributed by atoms with Crippen LogP contribution in [0.4, 0.5) is 5.82 Å². The van der Waals surface area contributed by atoms with Crippen LogP contribution in [-0.2, 0) is 0 Å². The molecule has 2 aromatic heterocycles. The molecule has 2 heterocycles. The number of pyridine rings is 2. The molecular formula is C13H12N4. The van der Waals surface area contributed by atoms with Crippen molar-refractivity contribution in [3.63, 3.8) is 0 Å². The number of anilines is 1. The van der Waals surface area contributed by atoms with Crippen molar-refractivity contribution in [3.05, 3.63) is 29.7 Å². The molecule has 17 heavy (non-hydrogen) atoms. The van der Waals surface area contributed by atoms with E-state index in [2.05, 4.69) is 21.4 Å². The predicted octanol–water partition coefficient (Wildman–Crippen LogP) is 2.38. The molecule has 0 radical (unpaired) electrons. The van der Waals surface area contributed by atoms with Crippen LogP contribution in [0.25, 0.3) is 10.8 Å². The lowest BCUT2D eigenvalue weighted by Crippen LogP contribution is -2.05. The van der Waals surface area contributed by atoms with E-state index in [1.165, 1.54) is 12.8 Å². The van der Waals surface area contributed by atoms with Gasteiger partial charge in [0.05, 0.1) is 0 Å². The summed E-state index contributed by atoms with van der Waals surface area (Å²) in [5.41, 5.74) is 1.40. The lowest BCUT2D eigenvalue weighted by molar-refractivity contribution is 1.11. The van der Waals surface area contributed by atoms with Crippen molar-refractivity contribution in [2.75, 3.05) is 5.32 Å². The standard InChI is InChI=1S/C13H12N4/c1-8-4-12-9(7-15-8)5-11(6-14)17-13(12)16-10-2-3-10/h4-5,7,10H,2-3H2,1H3,(H,16,17). The number of hydrogen-bond donors (Lipinski definition) is 1. The predicted molar refractivity (Wildman–Crippen MR) is 65.6 cm³/mol. The minimum atomic E-state index is 0.436. The molecule has 1 N–H and O–H groups in total. The van der Waals surface area contributed by atoms with Crippen molar-refractivity contribution in [3.8, 4) is 6.07 Å². The Morgan fingerprint density at radius 2 is 2.24 bits per heavy atom. The van der Waals surface area contributed by atoms with Crippen LogP contribution in [0.1, 0.15) is 24.2 Å². The Labute approximate surface area is 99.3 Å². The highest BCUT2D eigenvalue weighted by atomic mass is 15.0. The van der Waals surface area contributed by atoms with Crippen molar-refractivity contribution in [2.45, 2.75) is 25.8 Å². The molecule has 0 aromatic carbocycles. The third-order valence-corrected chi connectivity index (χ3v) is 2.88. The Hall–Kier alpha value is -2.15. The molecule has 0 atom stereocenters. The van der Waals surface area contributed by atoms with Gasteiger partial charge in [-0.2, -0.15) is 5.26 Å². The summed E-state index contributed by atoms with van der Waals surface area (Å²) in [5, 5.41) is 14.3. The quantitative estimate of drug-likeness (QED) is 0.850. The number of nitrogens with one attached hydrogen (secondary N) is 1. The summed E-state index contributed by atoms with van der Waals surface area (Å²) in [4.78, 5) is 8.59. The molecule has 0 aliphatic heterocycles. The highest BCUT2D eigenvalue weighted by molar-refractivity contribution is 5.92. The Morgan fingerprint density at radius 3 is 2.94 bits per heavy atom. The molecule has 0 saturated heterocycles. The van der Waals surface area contributed by atoms with Crippen molar-refractivity contribution >= 4 is 16.6 Å². The summed E-state index contributed by atoms with van der Waals surface area (Å²) < 4.78 is 0. The van der Waals surface area contributed by atoms with Crippen LogP contribution in [0.3, 0.4) is 0 Å². The van der Waals surface area contributed by atoms with E-state index in [4.69, 9.17) is 5.26 Å². The fourth-order valence-electron chi connectivity index (χ4n) is 1.84. The van der Waals surface area contributed by atoms with Gasteiger partial charge in [0.1, 0.15) is 17.6 Å². The van der Waals surface area contributed by atoms with E-state index in [9.17, 15) is 0 Å². The molecule has 0 amide bonds. The lowest BCUT2D eigenvalue weighted by atomic mass is 10.1. The fourth-order valence-corrected chi connectivity index (χ4v) is 1.84. The van der Waals surface area contributed by atoms with Gasteiger partial charge in [0, 0.05) is 28.7 Å². The summed E-state index contributed by atoms with van der Waals surface area (Å²) in [7, 11) is 0. The molecular weight excluding hydrogens is 212 g/mol. The first-order valence-electron chi connectivity index (χ1n) is 5.70. The van der Waals surface area contributed by atoms with Crippen LogP contribution >= 0.6 is 0 Å². The van der Waals surface area contributed by atoms with E-state index in [1.807, 2.05) is 13.0 Å². The summed E-state index contributed by atoms with van der Waals surface area (Å²) in [6.07, 6.45) is 4.17. The molecule has 0 spiro atoms. The first kappa shape index (κ1) is 10.0. The van der Waals surface area contributed by atoms with E-state index in [0.29, 0.717) is 11.7 Å². The number of nitrogens with zero attached hydrogens (tertiary/aromatic N) is 3. The Kier molecular flexibility index (Phi) is 2.19. The third-order valence-electron chi connectivity index (χ3n) is 2.88. The number of fused-ring (bicyclic) bond motifs is 1. The van der Waals surface area contributed by atoms with Crippen LogP contribution < -0.4 is 5.32 Å². The maximum absolute atomic E-state index is 8.97. The van der Waals surface area contributed by atoms with Crippen molar-refractivity contribution in [2.24, 2.45) is 0 Å². The van der Waals surface area contributed by atoms with Crippen LogP contribution in [0.2, 0.25) is 0 Å². The molecule has 1 aliphatic carbocycles. The Bertz CT molecular complexity index is 623. The van der Waals surface area contributed by atoms with Gasteiger partial charge in [-0.1, -0.05) is 0 Å². The third kappa shape index (κ3) is 1.92. The molecule has 4 nitrogen and oxygen atoms in total. The molecule has 0 bridgehead atoms. The highest BCUT2D eigenvalue weighted by Crippen LogP contribution is 2.29.